The van der Waals surface area contributed by atoms with Crippen LogP contribution in [0.3, 0.4) is 0 Å². The number of rotatable bonds is 3. The molecule has 0 aliphatic heterocycles. The van der Waals surface area contributed by atoms with Crippen molar-refractivity contribution in [3.05, 3.63) is 58.9 Å². The molecule has 1 aromatic carbocycles. The highest BCUT2D eigenvalue weighted by molar-refractivity contribution is 6.29. The standard InChI is InChI=1S/C14H12ClF3N2/c1-9(20-12-5-6-19-13(15)8-12)10-3-2-4-11(7-10)14(16,17)18/h2-9H,1H3,(H,19,20). The molecule has 0 radical (unpaired) electrons. The highest BCUT2D eigenvalue weighted by Crippen LogP contribution is 2.31. The van der Waals surface area contributed by atoms with Crippen LogP contribution >= 0.6 is 11.6 Å². The van der Waals surface area contributed by atoms with Gasteiger partial charge in [0.25, 0.3) is 0 Å². The molecule has 20 heavy (non-hydrogen) atoms. The molecule has 2 aromatic rings. The van der Waals surface area contributed by atoms with Crippen LogP contribution < -0.4 is 5.32 Å². The Morgan fingerprint density at radius 1 is 1.20 bits per heavy atom. The molecule has 0 amide bonds. The Labute approximate surface area is 119 Å². The number of anilines is 1. The number of pyridine rings is 1. The van der Waals surface area contributed by atoms with Crippen LogP contribution in [-0.2, 0) is 6.18 Å². The first-order chi connectivity index (χ1) is 9.36. The Balaban J connectivity index is 2.19. The Hall–Kier alpha value is -1.75. The quantitative estimate of drug-likeness (QED) is 0.813. The van der Waals surface area contributed by atoms with Crippen molar-refractivity contribution in [3.63, 3.8) is 0 Å². The molecule has 0 aliphatic carbocycles. The Bertz CT molecular complexity index is 599. The molecule has 106 valence electrons. The van der Waals surface area contributed by atoms with E-state index in [1.54, 1.807) is 25.1 Å². The summed E-state index contributed by atoms with van der Waals surface area (Å²) in [6.45, 7) is 1.78. The second-order valence-corrected chi connectivity index (χ2v) is 4.74. The number of nitrogens with zero attached hydrogens (tertiary/aromatic N) is 1. The lowest BCUT2D eigenvalue weighted by atomic mass is 10.0. The fraction of sp³-hybridized carbons (Fsp3) is 0.214. The predicted octanol–water partition coefficient (Wildman–Crippen LogP) is 4.93. The summed E-state index contributed by atoms with van der Waals surface area (Å²) in [6, 6.07) is 8.28. The van der Waals surface area contributed by atoms with Crippen molar-refractivity contribution in [1.82, 2.24) is 4.98 Å². The topological polar surface area (TPSA) is 24.9 Å². The van der Waals surface area contributed by atoms with E-state index in [4.69, 9.17) is 11.6 Å². The molecule has 1 unspecified atom stereocenters. The summed E-state index contributed by atoms with van der Waals surface area (Å²) < 4.78 is 38.0. The van der Waals surface area contributed by atoms with Gasteiger partial charge in [-0.3, -0.25) is 0 Å². The third-order valence-corrected chi connectivity index (χ3v) is 3.03. The number of hydrogen-bond acceptors (Lipinski definition) is 2. The molecule has 0 fully saturated rings. The Morgan fingerprint density at radius 2 is 1.95 bits per heavy atom. The van der Waals surface area contributed by atoms with Gasteiger partial charge in [0.15, 0.2) is 0 Å². The van der Waals surface area contributed by atoms with Gasteiger partial charge in [0, 0.05) is 17.9 Å². The third kappa shape index (κ3) is 3.63. The lowest BCUT2D eigenvalue weighted by Crippen LogP contribution is -2.10. The van der Waals surface area contributed by atoms with Crippen molar-refractivity contribution >= 4 is 17.3 Å². The lowest BCUT2D eigenvalue weighted by molar-refractivity contribution is -0.137. The van der Waals surface area contributed by atoms with E-state index in [9.17, 15) is 13.2 Å². The molecule has 0 saturated heterocycles. The summed E-state index contributed by atoms with van der Waals surface area (Å²) in [5, 5.41) is 3.41. The first-order valence-electron chi connectivity index (χ1n) is 5.91. The predicted molar refractivity (Wildman–Crippen MR) is 72.7 cm³/mol. The van der Waals surface area contributed by atoms with E-state index >= 15 is 0 Å². The van der Waals surface area contributed by atoms with Crippen LogP contribution in [0.4, 0.5) is 18.9 Å². The van der Waals surface area contributed by atoms with Gasteiger partial charge in [-0.25, -0.2) is 4.98 Å². The molecule has 1 heterocycles. The number of nitrogens with one attached hydrogen (secondary N) is 1. The molecule has 0 bridgehead atoms. The van der Waals surface area contributed by atoms with Crippen molar-refractivity contribution < 1.29 is 13.2 Å². The summed E-state index contributed by atoms with van der Waals surface area (Å²) in [4.78, 5) is 3.84. The zero-order valence-corrected chi connectivity index (χ0v) is 11.3. The normalized spacial score (nSPS) is 13.1. The summed E-state index contributed by atoms with van der Waals surface area (Å²) in [5.74, 6) is 0. The second-order valence-electron chi connectivity index (χ2n) is 4.36. The van der Waals surface area contributed by atoms with Crippen molar-refractivity contribution in [1.29, 1.82) is 0 Å². The van der Waals surface area contributed by atoms with Crippen LogP contribution in [0.5, 0.6) is 0 Å². The van der Waals surface area contributed by atoms with Crippen molar-refractivity contribution in [3.8, 4) is 0 Å². The molecule has 0 aliphatic rings. The SMILES string of the molecule is CC(Nc1ccnc(Cl)c1)c1cccc(C(F)(F)F)c1. The molecule has 2 nitrogen and oxygen atoms in total. The maximum Gasteiger partial charge on any atom is 0.416 e. The van der Waals surface area contributed by atoms with E-state index in [1.165, 1.54) is 12.3 Å². The van der Waals surface area contributed by atoms with E-state index in [2.05, 4.69) is 10.3 Å². The maximum atomic E-state index is 12.7. The van der Waals surface area contributed by atoms with E-state index in [0.717, 1.165) is 12.1 Å². The average Bonchev–Trinajstić information content (AvgIpc) is 2.38. The fourth-order valence-electron chi connectivity index (χ4n) is 1.81. The zero-order chi connectivity index (χ0) is 14.8. The number of benzene rings is 1. The molecule has 1 N–H and O–H groups in total. The molecular weight excluding hydrogens is 289 g/mol. The van der Waals surface area contributed by atoms with Gasteiger partial charge in [-0.1, -0.05) is 23.7 Å². The van der Waals surface area contributed by atoms with Gasteiger partial charge in [-0.15, -0.1) is 0 Å². The summed E-state index contributed by atoms with van der Waals surface area (Å²) in [5.41, 5.74) is 0.596. The molecule has 2 rings (SSSR count). The molecule has 1 atom stereocenters. The monoisotopic (exact) mass is 300 g/mol. The number of alkyl halides is 3. The van der Waals surface area contributed by atoms with Crippen LogP contribution in [0.2, 0.25) is 5.15 Å². The minimum absolute atomic E-state index is 0.282. The van der Waals surface area contributed by atoms with Crippen LogP contribution in [0.1, 0.15) is 24.1 Å². The van der Waals surface area contributed by atoms with Gasteiger partial charge in [0.1, 0.15) is 5.15 Å². The number of hydrogen-bond donors (Lipinski definition) is 1. The molecule has 6 heteroatoms. The van der Waals surface area contributed by atoms with Crippen LogP contribution in [-0.4, -0.2) is 4.98 Å². The molecule has 0 saturated carbocycles. The van der Waals surface area contributed by atoms with Crippen LogP contribution in [0, 0.1) is 0 Å². The van der Waals surface area contributed by atoms with Gasteiger partial charge < -0.3 is 5.32 Å². The maximum absolute atomic E-state index is 12.7. The van der Waals surface area contributed by atoms with Gasteiger partial charge in [0.2, 0.25) is 0 Å². The second kappa shape index (κ2) is 5.71. The van der Waals surface area contributed by atoms with Crippen LogP contribution in [0.15, 0.2) is 42.6 Å². The smallest absolute Gasteiger partial charge is 0.378 e. The molecule has 0 spiro atoms. The van der Waals surface area contributed by atoms with Gasteiger partial charge >= 0.3 is 6.18 Å². The van der Waals surface area contributed by atoms with Crippen LogP contribution in [0.25, 0.3) is 0 Å². The number of halogens is 4. The first kappa shape index (κ1) is 14.7. The van der Waals surface area contributed by atoms with E-state index in [1.807, 2.05) is 0 Å². The van der Waals surface area contributed by atoms with Crippen molar-refractivity contribution in [2.45, 2.75) is 19.1 Å². The van der Waals surface area contributed by atoms with E-state index < -0.39 is 11.7 Å². The highest BCUT2D eigenvalue weighted by Gasteiger charge is 2.30. The fourth-order valence-corrected chi connectivity index (χ4v) is 1.98. The van der Waals surface area contributed by atoms with E-state index in [-0.39, 0.29) is 6.04 Å². The summed E-state index contributed by atoms with van der Waals surface area (Å²) >= 11 is 5.76. The third-order valence-electron chi connectivity index (χ3n) is 2.82. The number of aromatic nitrogens is 1. The minimum Gasteiger partial charge on any atom is -0.378 e. The highest BCUT2D eigenvalue weighted by atomic mass is 35.5. The Morgan fingerprint density at radius 3 is 2.60 bits per heavy atom. The molecule has 1 aromatic heterocycles. The largest absolute Gasteiger partial charge is 0.416 e. The lowest BCUT2D eigenvalue weighted by Gasteiger charge is -2.17. The first-order valence-corrected chi connectivity index (χ1v) is 6.29. The van der Waals surface area contributed by atoms with Gasteiger partial charge in [-0.2, -0.15) is 13.2 Å². The van der Waals surface area contributed by atoms with Gasteiger partial charge in [0.05, 0.1) is 5.56 Å². The van der Waals surface area contributed by atoms with Gasteiger partial charge in [-0.05, 0) is 36.8 Å². The summed E-state index contributed by atoms with van der Waals surface area (Å²) in [7, 11) is 0. The Kier molecular flexibility index (Phi) is 4.18. The van der Waals surface area contributed by atoms with E-state index in [0.29, 0.717) is 16.4 Å². The summed E-state index contributed by atoms with van der Waals surface area (Å²) in [6.07, 6.45) is -2.81. The molecular formula is C14H12ClF3N2. The minimum atomic E-state index is -4.34. The zero-order valence-electron chi connectivity index (χ0n) is 10.6. The van der Waals surface area contributed by atoms with Crippen molar-refractivity contribution in [2.24, 2.45) is 0 Å². The average molecular weight is 301 g/mol. The van der Waals surface area contributed by atoms with Crippen molar-refractivity contribution in [2.75, 3.05) is 5.32 Å².